The van der Waals surface area contributed by atoms with Crippen molar-refractivity contribution in [3.8, 4) is 0 Å². The number of aliphatic hydroxyl groups is 2. The van der Waals surface area contributed by atoms with E-state index in [1.165, 1.54) is 0 Å². The molecule has 1 aromatic rings. The van der Waals surface area contributed by atoms with E-state index in [-0.39, 0.29) is 19.1 Å². The van der Waals surface area contributed by atoms with Crippen molar-refractivity contribution in [2.75, 3.05) is 13.2 Å². The van der Waals surface area contributed by atoms with Gasteiger partial charge in [-0.3, -0.25) is 0 Å². The van der Waals surface area contributed by atoms with Gasteiger partial charge in [0, 0.05) is 10.8 Å². The van der Waals surface area contributed by atoms with E-state index in [0.717, 1.165) is 8.66 Å². The predicted molar refractivity (Wildman–Crippen MR) is 48.9 cm³/mol. The number of rotatable bonds is 3. The first kappa shape index (κ1) is 9.19. The Morgan fingerprint density at radius 1 is 1.36 bits per heavy atom. The van der Waals surface area contributed by atoms with E-state index in [0.29, 0.717) is 0 Å². The standard InChI is InChI=1S/C7H9BrO2S/c8-7-2-1-6(11-7)5(3-9)4-10/h1-2,5,9-10H,3-4H2. The molecule has 1 heterocycles. The van der Waals surface area contributed by atoms with Crippen molar-refractivity contribution >= 4 is 27.3 Å². The molecule has 0 aliphatic carbocycles. The Bertz CT molecular complexity index is 220. The average molecular weight is 237 g/mol. The minimum Gasteiger partial charge on any atom is -0.396 e. The second-order valence-electron chi connectivity index (χ2n) is 2.20. The third-order valence-electron chi connectivity index (χ3n) is 1.44. The first-order chi connectivity index (χ1) is 5.27. The minimum atomic E-state index is -0.119. The minimum absolute atomic E-state index is 0.00343. The highest BCUT2D eigenvalue weighted by Crippen LogP contribution is 2.27. The van der Waals surface area contributed by atoms with Gasteiger partial charge in [0.2, 0.25) is 0 Å². The summed E-state index contributed by atoms with van der Waals surface area (Å²) in [7, 11) is 0. The third kappa shape index (κ3) is 2.27. The fourth-order valence-corrected chi connectivity index (χ4v) is 2.29. The fourth-order valence-electron chi connectivity index (χ4n) is 0.785. The molecule has 0 unspecified atom stereocenters. The molecule has 0 fully saturated rings. The van der Waals surface area contributed by atoms with E-state index < -0.39 is 0 Å². The molecule has 4 heteroatoms. The highest BCUT2D eigenvalue weighted by atomic mass is 79.9. The van der Waals surface area contributed by atoms with Gasteiger partial charge >= 0.3 is 0 Å². The Hall–Kier alpha value is 0.1000. The van der Waals surface area contributed by atoms with Gasteiger partial charge in [0.25, 0.3) is 0 Å². The SMILES string of the molecule is OCC(CO)c1ccc(Br)s1. The maximum absolute atomic E-state index is 8.82. The lowest BCUT2D eigenvalue weighted by molar-refractivity contribution is 0.194. The van der Waals surface area contributed by atoms with Crippen LogP contribution in [-0.4, -0.2) is 23.4 Å². The molecule has 0 atom stereocenters. The molecule has 0 aromatic carbocycles. The molecule has 0 aliphatic rings. The molecule has 0 spiro atoms. The lowest BCUT2D eigenvalue weighted by atomic mass is 10.1. The summed E-state index contributed by atoms with van der Waals surface area (Å²) in [6.45, 7) is 0.00685. The average Bonchev–Trinajstić information content (AvgIpc) is 2.39. The van der Waals surface area contributed by atoms with Gasteiger partial charge in [-0.1, -0.05) is 0 Å². The van der Waals surface area contributed by atoms with Crippen molar-refractivity contribution in [2.24, 2.45) is 0 Å². The van der Waals surface area contributed by atoms with Crippen LogP contribution in [0.3, 0.4) is 0 Å². The van der Waals surface area contributed by atoms with Crippen LogP contribution in [0.1, 0.15) is 10.8 Å². The zero-order valence-electron chi connectivity index (χ0n) is 5.83. The highest BCUT2D eigenvalue weighted by Gasteiger charge is 2.10. The van der Waals surface area contributed by atoms with Crippen molar-refractivity contribution in [1.29, 1.82) is 0 Å². The number of aliphatic hydroxyl groups excluding tert-OH is 2. The fraction of sp³-hybridized carbons (Fsp3) is 0.429. The van der Waals surface area contributed by atoms with E-state index in [1.807, 2.05) is 12.1 Å². The molecule has 11 heavy (non-hydrogen) atoms. The summed E-state index contributed by atoms with van der Waals surface area (Å²) in [6.07, 6.45) is 0. The van der Waals surface area contributed by atoms with Gasteiger partial charge in [0.1, 0.15) is 0 Å². The number of hydrogen-bond donors (Lipinski definition) is 2. The van der Waals surface area contributed by atoms with Crippen molar-refractivity contribution in [2.45, 2.75) is 5.92 Å². The number of hydrogen-bond acceptors (Lipinski definition) is 3. The summed E-state index contributed by atoms with van der Waals surface area (Å²) in [5.74, 6) is -0.119. The molecule has 0 bridgehead atoms. The van der Waals surface area contributed by atoms with E-state index in [1.54, 1.807) is 11.3 Å². The van der Waals surface area contributed by atoms with E-state index >= 15 is 0 Å². The molecule has 62 valence electrons. The summed E-state index contributed by atoms with van der Waals surface area (Å²) in [5.41, 5.74) is 0. The number of thiophene rings is 1. The topological polar surface area (TPSA) is 40.5 Å². The molecule has 0 aliphatic heterocycles. The first-order valence-electron chi connectivity index (χ1n) is 3.25. The predicted octanol–water partition coefficient (Wildman–Crippen LogP) is 1.58. The Balaban J connectivity index is 2.73. The molecular formula is C7H9BrO2S. The van der Waals surface area contributed by atoms with Crippen LogP contribution in [0.25, 0.3) is 0 Å². The summed E-state index contributed by atoms with van der Waals surface area (Å²) in [6, 6.07) is 3.82. The third-order valence-corrected chi connectivity index (χ3v) is 3.22. The van der Waals surface area contributed by atoms with Crippen LogP contribution in [0, 0.1) is 0 Å². The molecule has 0 radical (unpaired) electrons. The van der Waals surface area contributed by atoms with Crippen LogP contribution < -0.4 is 0 Å². The van der Waals surface area contributed by atoms with E-state index in [9.17, 15) is 0 Å². The summed E-state index contributed by atoms with van der Waals surface area (Å²) >= 11 is 4.86. The highest BCUT2D eigenvalue weighted by molar-refractivity contribution is 9.11. The quantitative estimate of drug-likeness (QED) is 0.837. The van der Waals surface area contributed by atoms with Crippen molar-refractivity contribution in [1.82, 2.24) is 0 Å². The Kier molecular flexibility index (Phi) is 3.51. The normalized spacial score (nSPS) is 10.9. The van der Waals surface area contributed by atoms with Gasteiger partial charge in [0.05, 0.1) is 17.0 Å². The molecular weight excluding hydrogens is 228 g/mol. The van der Waals surface area contributed by atoms with Crippen molar-refractivity contribution in [3.05, 3.63) is 20.8 Å². The van der Waals surface area contributed by atoms with Crippen LogP contribution in [0.4, 0.5) is 0 Å². The lowest BCUT2D eigenvalue weighted by Gasteiger charge is -2.06. The molecule has 2 N–H and O–H groups in total. The van der Waals surface area contributed by atoms with Gasteiger partial charge in [-0.15, -0.1) is 11.3 Å². The van der Waals surface area contributed by atoms with Crippen molar-refractivity contribution < 1.29 is 10.2 Å². The maximum Gasteiger partial charge on any atom is 0.0701 e. The molecule has 0 amide bonds. The first-order valence-corrected chi connectivity index (χ1v) is 4.86. The van der Waals surface area contributed by atoms with Crippen LogP contribution in [-0.2, 0) is 0 Å². The van der Waals surface area contributed by atoms with Crippen LogP contribution in [0.15, 0.2) is 15.9 Å². The maximum atomic E-state index is 8.82. The smallest absolute Gasteiger partial charge is 0.0701 e. The molecule has 1 aromatic heterocycles. The zero-order valence-corrected chi connectivity index (χ0v) is 8.23. The van der Waals surface area contributed by atoms with Crippen LogP contribution in [0.5, 0.6) is 0 Å². The van der Waals surface area contributed by atoms with E-state index in [4.69, 9.17) is 10.2 Å². The lowest BCUT2D eigenvalue weighted by Crippen LogP contribution is -2.06. The Morgan fingerprint density at radius 3 is 2.36 bits per heavy atom. The van der Waals surface area contributed by atoms with Crippen LogP contribution >= 0.6 is 27.3 Å². The zero-order chi connectivity index (χ0) is 8.27. The molecule has 1 rings (SSSR count). The number of halogens is 1. The largest absolute Gasteiger partial charge is 0.396 e. The Morgan fingerprint density at radius 2 is 2.00 bits per heavy atom. The second-order valence-corrected chi connectivity index (χ2v) is 4.70. The van der Waals surface area contributed by atoms with Crippen molar-refractivity contribution in [3.63, 3.8) is 0 Å². The molecule has 0 saturated carbocycles. The summed E-state index contributed by atoms with van der Waals surface area (Å²) in [4.78, 5) is 1.02. The van der Waals surface area contributed by atoms with Gasteiger partial charge in [-0.05, 0) is 28.1 Å². The van der Waals surface area contributed by atoms with Gasteiger partial charge in [-0.25, -0.2) is 0 Å². The molecule has 0 saturated heterocycles. The second kappa shape index (κ2) is 4.21. The Labute approximate surface area is 77.6 Å². The van der Waals surface area contributed by atoms with E-state index in [2.05, 4.69) is 15.9 Å². The van der Waals surface area contributed by atoms with Gasteiger partial charge in [-0.2, -0.15) is 0 Å². The summed E-state index contributed by atoms with van der Waals surface area (Å²) < 4.78 is 1.03. The monoisotopic (exact) mass is 236 g/mol. The summed E-state index contributed by atoms with van der Waals surface area (Å²) in [5, 5.41) is 17.6. The van der Waals surface area contributed by atoms with Gasteiger partial charge < -0.3 is 10.2 Å². The molecule has 2 nitrogen and oxygen atoms in total. The van der Waals surface area contributed by atoms with Crippen LogP contribution in [0.2, 0.25) is 0 Å². The van der Waals surface area contributed by atoms with Gasteiger partial charge in [0.15, 0.2) is 0 Å².